The van der Waals surface area contributed by atoms with Crippen molar-refractivity contribution in [3.8, 4) is 0 Å². The van der Waals surface area contributed by atoms with Gasteiger partial charge in [-0.3, -0.25) is 14.5 Å². The third kappa shape index (κ3) is 6.60. The van der Waals surface area contributed by atoms with Crippen LogP contribution in [0.25, 0.3) is 0 Å². The van der Waals surface area contributed by atoms with Gasteiger partial charge in [0.1, 0.15) is 4.90 Å². The number of rotatable bonds is 9. The summed E-state index contributed by atoms with van der Waals surface area (Å²) in [7, 11) is -7.66. The van der Waals surface area contributed by atoms with E-state index in [9.17, 15) is 21.6 Å². The van der Waals surface area contributed by atoms with E-state index < -0.39 is 26.0 Å². The number of hydrogen-bond acceptors (Lipinski definition) is 6. The zero-order valence-corrected chi connectivity index (χ0v) is 19.7. The van der Waals surface area contributed by atoms with Crippen molar-refractivity contribution < 1.29 is 21.6 Å². The van der Waals surface area contributed by atoms with Crippen molar-refractivity contribution >= 4 is 37.3 Å². The van der Waals surface area contributed by atoms with Crippen molar-refractivity contribution in [1.29, 1.82) is 0 Å². The van der Waals surface area contributed by atoms with E-state index in [4.69, 9.17) is 0 Å². The van der Waals surface area contributed by atoms with Crippen molar-refractivity contribution in [2.45, 2.75) is 30.1 Å². The zero-order chi connectivity index (χ0) is 24.1. The molecule has 0 aliphatic rings. The minimum atomic E-state index is -3.88. The third-order valence-corrected chi connectivity index (χ3v) is 7.59. The van der Waals surface area contributed by atoms with Crippen LogP contribution in [0.5, 0.6) is 0 Å². The van der Waals surface area contributed by atoms with Gasteiger partial charge in [-0.05, 0) is 61.4 Å². The number of hydrogen-bond donors (Lipinski definition) is 3. The lowest BCUT2D eigenvalue weighted by Gasteiger charge is -2.13. The van der Waals surface area contributed by atoms with E-state index in [-0.39, 0.29) is 28.4 Å². The number of aryl methyl sites for hydroxylation is 2. The number of nitrogens with one attached hydrogen (secondary N) is 3. The van der Waals surface area contributed by atoms with Crippen LogP contribution in [0.3, 0.4) is 0 Å². The number of sulfonamides is 2. The highest BCUT2D eigenvalue weighted by molar-refractivity contribution is 7.92. The molecule has 0 aliphatic carbocycles. The molecule has 0 bridgehead atoms. The van der Waals surface area contributed by atoms with Crippen LogP contribution in [0.1, 0.15) is 17.5 Å². The maximum absolute atomic E-state index is 12.9. The van der Waals surface area contributed by atoms with Gasteiger partial charge in [-0.15, -0.1) is 0 Å². The molecule has 3 aromatic rings. The fourth-order valence-corrected chi connectivity index (χ4v) is 5.31. The lowest BCUT2D eigenvalue weighted by atomic mass is 10.2. The fourth-order valence-electron chi connectivity index (χ4n) is 3.00. The Morgan fingerprint density at radius 2 is 1.70 bits per heavy atom. The van der Waals surface area contributed by atoms with Crippen molar-refractivity contribution in [2.24, 2.45) is 0 Å². The number of pyridine rings is 1. The second kappa shape index (κ2) is 10.1. The SMILES string of the molecule is Cc1cccc(NS(=O)(=O)c2cc(NC(=O)CCNS(=O)(=O)c3cccnc3)ccc2C)c1. The first-order chi connectivity index (χ1) is 15.6. The molecule has 0 aliphatic heterocycles. The number of benzene rings is 2. The van der Waals surface area contributed by atoms with Crippen LogP contribution in [0.4, 0.5) is 11.4 Å². The minimum Gasteiger partial charge on any atom is -0.326 e. The van der Waals surface area contributed by atoms with Crippen LogP contribution in [0.2, 0.25) is 0 Å². The molecule has 0 atom stereocenters. The van der Waals surface area contributed by atoms with Crippen molar-refractivity contribution in [3.05, 3.63) is 78.1 Å². The van der Waals surface area contributed by atoms with Gasteiger partial charge < -0.3 is 5.32 Å². The van der Waals surface area contributed by atoms with Gasteiger partial charge >= 0.3 is 0 Å². The van der Waals surface area contributed by atoms with E-state index in [1.807, 2.05) is 13.0 Å². The third-order valence-electron chi connectivity index (χ3n) is 4.62. The first-order valence-corrected chi connectivity index (χ1v) is 12.9. The maximum atomic E-state index is 12.9. The standard InChI is InChI=1S/C22H24N4O5S2/c1-16-5-3-6-19(13-16)26-33(30,31)21-14-18(9-8-17(21)2)25-22(27)10-12-24-32(28,29)20-7-4-11-23-15-20/h3-9,11,13-15,24,26H,10,12H2,1-2H3,(H,25,27). The molecule has 11 heteroatoms. The van der Waals surface area contributed by atoms with Crippen LogP contribution in [0.15, 0.2) is 76.8 Å². The van der Waals surface area contributed by atoms with E-state index in [0.29, 0.717) is 11.3 Å². The molecule has 9 nitrogen and oxygen atoms in total. The van der Waals surface area contributed by atoms with Gasteiger partial charge in [-0.2, -0.15) is 0 Å². The van der Waals surface area contributed by atoms with Gasteiger partial charge in [0.05, 0.1) is 4.90 Å². The molecule has 3 rings (SSSR count). The minimum absolute atomic E-state index is 0.0000917. The van der Waals surface area contributed by atoms with E-state index in [0.717, 1.165) is 5.56 Å². The fraction of sp³-hybridized carbons (Fsp3) is 0.182. The molecule has 174 valence electrons. The molecule has 0 spiro atoms. The maximum Gasteiger partial charge on any atom is 0.262 e. The smallest absolute Gasteiger partial charge is 0.262 e. The van der Waals surface area contributed by atoms with Crippen LogP contribution >= 0.6 is 0 Å². The molecule has 0 saturated heterocycles. The van der Waals surface area contributed by atoms with Crippen molar-refractivity contribution in [3.63, 3.8) is 0 Å². The number of aromatic nitrogens is 1. The van der Waals surface area contributed by atoms with Gasteiger partial charge in [0, 0.05) is 36.7 Å². The summed E-state index contributed by atoms with van der Waals surface area (Å²) in [6.07, 6.45) is 2.53. The Hall–Kier alpha value is -3.28. The van der Waals surface area contributed by atoms with Gasteiger partial charge in [-0.1, -0.05) is 18.2 Å². The summed E-state index contributed by atoms with van der Waals surface area (Å²) in [6, 6.07) is 14.4. The molecule has 33 heavy (non-hydrogen) atoms. The lowest BCUT2D eigenvalue weighted by Crippen LogP contribution is -2.28. The number of carbonyl (C=O) groups excluding carboxylic acids is 1. The first kappa shape index (κ1) is 24.4. The molecule has 1 amide bonds. The van der Waals surface area contributed by atoms with Crippen LogP contribution in [-0.2, 0) is 24.8 Å². The Morgan fingerprint density at radius 1 is 0.909 bits per heavy atom. The largest absolute Gasteiger partial charge is 0.326 e. The second-order valence-electron chi connectivity index (χ2n) is 7.34. The molecule has 2 aromatic carbocycles. The molecule has 1 heterocycles. The zero-order valence-electron chi connectivity index (χ0n) is 18.1. The van der Waals surface area contributed by atoms with Gasteiger partial charge in [-0.25, -0.2) is 21.6 Å². The van der Waals surface area contributed by atoms with Gasteiger partial charge in [0.25, 0.3) is 10.0 Å². The average Bonchev–Trinajstić information content (AvgIpc) is 2.75. The van der Waals surface area contributed by atoms with Crippen LogP contribution < -0.4 is 14.8 Å². The predicted octanol–water partition coefficient (Wildman–Crippen LogP) is 2.81. The molecule has 0 unspecified atom stereocenters. The molecular formula is C22H24N4O5S2. The van der Waals surface area contributed by atoms with Gasteiger partial charge in [0.15, 0.2) is 0 Å². The Balaban J connectivity index is 1.65. The summed E-state index contributed by atoms with van der Waals surface area (Å²) < 4.78 is 55.0. The lowest BCUT2D eigenvalue weighted by molar-refractivity contribution is -0.116. The summed E-state index contributed by atoms with van der Waals surface area (Å²) in [5.41, 5.74) is 2.14. The number of nitrogens with zero attached hydrogens (tertiary/aromatic N) is 1. The molecule has 0 fully saturated rings. The number of anilines is 2. The average molecular weight is 489 g/mol. The Kier molecular flexibility index (Phi) is 7.46. The van der Waals surface area contributed by atoms with E-state index in [1.54, 1.807) is 37.3 Å². The highest BCUT2D eigenvalue weighted by Gasteiger charge is 2.19. The quantitative estimate of drug-likeness (QED) is 0.424. The van der Waals surface area contributed by atoms with Crippen molar-refractivity contribution in [2.75, 3.05) is 16.6 Å². The second-order valence-corrected chi connectivity index (χ2v) is 10.8. The Bertz CT molecular complexity index is 1360. The molecular weight excluding hydrogens is 464 g/mol. The van der Waals surface area contributed by atoms with E-state index >= 15 is 0 Å². The normalized spacial score (nSPS) is 11.7. The Labute approximate surface area is 193 Å². The molecule has 0 saturated carbocycles. The topological polar surface area (TPSA) is 134 Å². The number of carbonyl (C=O) groups is 1. The van der Waals surface area contributed by atoms with Crippen LogP contribution in [0, 0.1) is 13.8 Å². The predicted molar refractivity (Wildman–Crippen MR) is 126 cm³/mol. The first-order valence-electron chi connectivity index (χ1n) is 9.96. The van der Waals surface area contributed by atoms with E-state index in [1.165, 1.54) is 30.6 Å². The van der Waals surface area contributed by atoms with Gasteiger partial charge in [0.2, 0.25) is 15.9 Å². The number of amides is 1. The molecule has 1 aromatic heterocycles. The van der Waals surface area contributed by atoms with Crippen LogP contribution in [-0.4, -0.2) is 34.3 Å². The monoisotopic (exact) mass is 488 g/mol. The molecule has 3 N–H and O–H groups in total. The summed E-state index contributed by atoms with van der Waals surface area (Å²) in [5, 5.41) is 2.60. The summed E-state index contributed by atoms with van der Waals surface area (Å²) in [4.78, 5) is 16.1. The summed E-state index contributed by atoms with van der Waals surface area (Å²) >= 11 is 0. The highest BCUT2D eigenvalue weighted by Crippen LogP contribution is 2.23. The molecule has 0 radical (unpaired) electrons. The summed E-state index contributed by atoms with van der Waals surface area (Å²) in [6.45, 7) is 3.38. The highest BCUT2D eigenvalue weighted by atomic mass is 32.2. The van der Waals surface area contributed by atoms with E-state index in [2.05, 4.69) is 19.7 Å². The summed E-state index contributed by atoms with van der Waals surface area (Å²) in [5.74, 6) is -0.470. The van der Waals surface area contributed by atoms with Crippen molar-refractivity contribution in [1.82, 2.24) is 9.71 Å². The Morgan fingerprint density at radius 3 is 2.39 bits per heavy atom.